The van der Waals surface area contributed by atoms with Crippen molar-refractivity contribution in [3.05, 3.63) is 0 Å². The van der Waals surface area contributed by atoms with Crippen LogP contribution in [0.15, 0.2) is 0 Å². The van der Waals surface area contributed by atoms with Crippen molar-refractivity contribution in [2.24, 2.45) is 40.4 Å². The molecule has 140 valence electrons. The number of carbonyl (C=O) groups is 2. The Bertz CT molecular complexity index is 584. The SMILES string of the molecule is CC(=O)O[C@H]1CC[C@H]2[C@@H]3CC[C@@H]4CC(=O)[C@@H](C)C[C@]4(C)[C@H]3CC[C@]12C. The number of hydrogen-bond acceptors (Lipinski definition) is 3. The molecule has 4 aliphatic rings. The average molecular weight is 347 g/mol. The van der Waals surface area contributed by atoms with Crippen LogP contribution in [0, 0.1) is 40.4 Å². The molecule has 0 spiro atoms. The number of rotatable bonds is 1. The maximum absolute atomic E-state index is 12.3. The first-order valence-corrected chi connectivity index (χ1v) is 10.5. The van der Waals surface area contributed by atoms with Crippen LogP contribution in [-0.2, 0) is 14.3 Å². The van der Waals surface area contributed by atoms with Crippen LogP contribution in [0.1, 0.15) is 79.1 Å². The third kappa shape index (κ3) is 2.51. The van der Waals surface area contributed by atoms with Gasteiger partial charge >= 0.3 is 5.97 Å². The van der Waals surface area contributed by atoms with Gasteiger partial charge < -0.3 is 4.74 Å². The molecule has 4 fully saturated rings. The largest absolute Gasteiger partial charge is 0.462 e. The van der Waals surface area contributed by atoms with E-state index < -0.39 is 0 Å². The zero-order valence-corrected chi connectivity index (χ0v) is 16.3. The normalized spacial score (nSPS) is 52.1. The average Bonchev–Trinajstić information content (AvgIpc) is 2.85. The summed E-state index contributed by atoms with van der Waals surface area (Å²) < 4.78 is 5.74. The van der Waals surface area contributed by atoms with Gasteiger partial charge in [0.15, 0.2) is 0 Å². The molecule has 4 rings (SSSR count). The van der Waals surface area contributed by atoms with Crippen LogP contribution in [0.25, 0.3) is 0 Å². The van der Waals surface area contributed by atoms with Crippen LogP contribution in [0.2, 0.25) is 0 Å². The standard InChI is InChI=1S/C22H34O3/c1-13-12-22(4)15(11-19(13)24)5-6-16-17-7-8-20(25-14(2)23)21(17,3)10-9-18(16)22/h13,15-18,20H,5-12H2,1-4H3/t13-,15+,16-,17-,18-,20-,21-,22-/m0/s1. The highest BCUT2D eigenvalue weighted by atomic mass is 16.5. The Balaban J connectivity index is 1.59. The van der Waals surface area contributed by atoms with Crippen LogP contribution in [-0.4, -0.2) is 17.9 Å². The van der Waals surface area contributed by atoms with Crippen molar-refractivity contribution in [3.63, 3.8) is 0 Å². The summed E-state index contributed by atoms with van der Waals surface area (Å²) in [6.45, 7) is 8.58. The molecular formula is C22H34O3. The summed E-state index contributed by atoms with van der Waals surface area (Å²) in [6, 6.07) is 0. The lowest BCUT2D eigenvalue weighted by atomic mass is 9.44. The van der Waals surface area contributed by atoms with Gasteiger partial charge in [-0.25, -0.2) is 0 Å². The summed E-state index contributed by atoms with van der Waals surface area (Å²) in [4.78, 5) is 23.8. The van der Waals surface area contributed by atoms with Crippen molar-refractivity contribution < 1.29 is 14.3 Å². The van der Waals surface area contributed by atoms with E-state index in [9.17, 15) is 9.59 Å². The smallest absolute Gasteiger partial charge is 0.302 e. The Morgan fingerprint density at radius 2 is 1.76 bits per heavy atom. The number of carbonyl (C=O) groups excluding carboxylic acids is 2. The number of hydrogen-bond donors (Lipinski definition) is 0. The predicted molar refractivity (Wildman–Crippen MR) is 96.8 cm³/mol. The molecule has 0 aliphatic heterocycles. The van der Waals surface area contributed by atoms with Crippen molar-refractivity contribution in [1.82, 2.24) is 0 Å². The summed E-state index contributed by atoms with van der Waals surface area (Å²) in [7, 11) is 0. The van der Waals surface area contributed by atoms with Gasteiger partial charge in [0.05, 0.1) is 0 Å². The molecule has 0 amide bonds. The summed E-state index contributed by atoms with van der Waals surface area (Å²) in [6.07, 6.45) is 9.22. The molecule has 4 saturated carbocycles. The fraction of sp³-hybridized carbons (Fsp3) is 0.909. The highest BCUT2D eigenvalue weighted by molar-refractivity contribution is 5.82. The van der Waals surface area contributed by atoms with Gasteiger partial charge in [-0.2, -0.15) is 0 Å². The van der Waals surface area contributed by atoms with Crippen LogP contribution >= 0.6 is 0 Å². The van der Waals surface area contributed by atoms with Crippen molar-refractivity contribution in [1.29, 1.82) is 0 Å². The molecule has 0 aromatic heterocycles. The van der Waals surface area contributed by atoms with Crippen LogP contribution in [0.5, 0.6) is 0 Å². The maximum Gasteiger partial charge on any atom is 0.302 e. The van der Waals surface area contributed by atoms with E-state index in [-0.39, 0.29) is 23.4 Å². The summed E-state index contributed by atoms with van der Waals surface area (Å²) in [5, 5.41) is 0. The molecule has 0 aromatic rings. The lowest BCUT2D eigenvalue weighted by molar-refractivity contribution is -0.163. The molecule has 0 aromatic carbocycles. The highest BCUT2D eigenvalue weighted by Gasteiger charge is 2.61. The molecule has 0 saturated heterocycles. The lowest BCUT2D eigenvalue weighted by Gasteiger charge is -2.60. The molecule has 0 unspecified atom stereocenters. The van der Waals surface area contributed by atoms with Crippen LogP contribution < -0.4 is 0 Å². The van der Waals surface area contributed by atoms with Crippen molar-refractivity contribution in [3.8, 4) is 0 Å². The fourth-order valence-electron chi connectivity index (χ4n) is 7.75. The Hall–Kier alpha value is -0.860. The van der Waals surface area contributed by atoms with Gasteiger partial charge in [-0.05, 0) is 74.0 Å². The quantitative estimate of drug-likeness (QED) is 0.642. The zero-order chi connectivity index (χ0) is 18.0. The molecule has 4 aliphatic carbocycles. The van der Waals surface area contributed by atoms with Crippen molar-refractivity contribution >= 4 is 11.8 Å². The first kappa shape index (κ1) is 17.5. The highest BCUT2D eigenvalue weighted by Crippen LogP contribution is 2.66. The van der Waals surface area contributed by atoms with Gasteiger partial charge in [-0.3, -0.25) is 9.59 Å². The Morgan fingerprint density at radius 1 is 1.04 bits per heavy atom. The Labute approximate surface area is 152 Å². The Kier molecular flexibility index (Phi) is 4.09. The van der Waals surface area contributed by atoms with Crippen molar-refractivity contribution in [2.75, 3.05) is 0 Å². The van der Waals surface area contributed by atoms with Crippen LogP contribution in [0.4, 0.5) is 0 Å². The van der Waals surface area contributed by atoms with Gasteiger partial charge in [-0.15, -0.1) is 0 Å². The van der Waals surface area contributed by atoms with E-state index in [0.717, 1.165) is 31.1 Å². The van der Waals surface area contributed by atoms with E-state index in [1.165, 1.54) is 32.1 Å². The van der Waals surface area contributed by atoms with Crippen molar-refractivity contribution in [2.45, 2.75) is 85.2 Å². The minimum atomic E-state index is -0.121. The minimum Gasteiger partial charge on any atom is -0.462 e. The molecule has 0 heterocycles. The van der Waals surface area contributed by atoms with E-state index in [0.29, 0.717) is 23.0 Å². The fourth-order valence-corrected chi connectivity index (χ4v) is 7.75. The number of fused-ring (bicyclic) bond motifs is 5. The Morgan fingerprint density at radius 3 is 2.48 bits per heavy atom. The molecule has 3 heteroatoms. The number of esters is 1. The molecule has 25 heavy (non-hydrogen) atoms. The number of Topliss-reactive ketones (excluding diaryl/α,β-unsaturated/α-hetero) is 1. The minimum absolute atomic E-state index is 0.119. The molecule has 0 N–H and O–H groups in total. The third-order valence-electron chi connectivity index (χ3n) is 9.03. The maximum atomic E-state index is 12.3. The number of ether oxygens (including phenoxy) is 1. The van der Waals surface area contributed by atoms with E-state index in [1.807, 2.05) is 0 Å². The molecular weight excluding hydrogens is 312 g/mol. The monoisotopic (exact) mass is 346 g/mol. The molecule has 0 radical (unpaired) electrons. The van der Waals surface area contributed by atoms with E-state index in [2.05, 4.69) is 20.8 Å². The van der Waals surface area contributed by atoms with E-state index in [4.69, 9.17) is 4.74 Å². The summed E-state index contributed by atoms with van der Waals surface area (Å²) in [5.41, 5.74) is 0.517. The third-order valence-corrected chi connectivity index (χ3v) is 9.03. The van der Waals surface area contributed by atoms with E-state index in [1.54, 1.807) is 6.92 Å². The lowest BCUT2D eigenvalue weighted by Crippen LogP contribution is -2.55. The summed E-state index contributed by atoms with van der Waals surface area (Å²) >= 11 is 0. The zero-order valence-electron chi connectivity index (χ0n) is 16.3. The first-order valence-electron chi connectivity index (χ1n) is 10.5. The van der Waals surface area contributed by atoms with Gasteiger partial charge in [-0.1, -0.05) is 20.8 Å². The van der Waals surface area contributed by atoms with Crippen LogP contribution in [0.3, 0.4) is 0 Å². The number of ketones is 1. The second-order valence-corrected chi connectivity index (χ2v) is 10.2. The van der Waals surface area contributed by atoms with Gasteiger partial charge in [0.2, 0.25) is 0 Å². The predicted octanol–water partition coefficient (Wildman–Crippen LogP) is 4.78. The molecule has 8 atom stereocenters. The molecule has 0 bridgehead atoms. The second-order valence-electron chi connectivity index (χ2n) is 10.2. The van der Waals surface area contributed by atoms with E-state index >= 15 is 0 Å². The van der Waals surface area contributed by atoms with Gasteiger partial charge in [0, 0.05) is 24.7 Å². The first-order chi connectivity index (χ1) is 11.8. The topological polar surface area (TPSA) is 43.4 Å². The second kappa shape index (κ2) is 5.82. The molecule has 3 nitrogen and oxygen atoms in total. The summed E-state index contributed by atoms with van der Waals surface area (Å²) in [5.74, 6) is 3.44. The van der Waals surface area contributed by atoms with Gasteiger partial charge in [0.1, 0.15) is 11.9 Å². The van der Waals surface area contributed by atoms with Gasteiger partial charge in [0.25, 0.3) is 0 Å².